The van der Waals surface area contributed by atoms with Crippen molar-refractivity contribution in [3.63, 3.8) is 0 Å². The average molecular weight is 514 g/mol. The molecule has 0 radical (unpaired) electrons. The summed E-state index contributed by atoms with van der Waals surface area (Å²) >= 11 is 0. The SMILES string of the molecule is COc1ccc(C(=O)N2CCc3cc(C(=O)NC[C@@H](O)C4Cc5ccccc5CN4C=O)ccc3C2)cc1. The summed E-state index contributed by atoms with van der Waals surface area (Å²) in [5, 5.41) is 13.7. The van der Waals surface area contributed by atoms with E-state index in [-0.39, 0.29) is 18.4 Å². The molecule has 0 fully saturated rings. The van der Waals surface area contributed by atoms with Crippen molar-refractivity contribution in [1.82, 2.24) is 15.1 Å². The Labute approximate surface area is 221 Å². The molecule has 3 amide bonds. The van der Waals surface area contributed by atoms with Gasteiger partial charge in [0.15, 0.2) is 0 Å². The van der Waals surface area contributed by atoms with E-state index in [1.807, 2.05) is 36.4 Å². The number of amides is 3. The van der Waals surface area contributed by atoms with Gasteiger partial charge in [0.2, 0.25) is 6.41 Å². The number of nitrogens with one attached hydrogen (secondary N) is 1. The van der Waals surface area contributed by atoms with Gasteiger partial charge in [0.05, 0.1) is 19.3 Å². The summed E-state index contributed by atoms with van der Waals surface area (Å²) in [5.41, 5.74) is 5.34. The molecule has 2 aliphatic rings. The smallest absolute Gasteiger partial charge is 0.254 e. The van der Waals surface area contributed by atoms with Crippen LogP contribution >= 0.6 is 0 Å². The second kappa shape index (κ2) is 11.1. The lowest BCUT2D eigenvalue weighted by Crippen LogP contribution is -2.50. The Balaban J connectivity index is 1.19. The molecule has 0 saturated carbocycles. The Bertz CT molecular complexity index is 1340. The van der Waals surface area contributed by atoms with Crippen LogP contribution in [0.15, 0.2) is 66.7 Å². The zero-order valence-corrected chi connectivity index (χ0v) is 21.3. The first-order valence-corrected chi connectivity index (χ1v) is 12.8. The normalized spacial score (nSPS) is 17.2. The first-order chi connectivity index (χ1) is 18.5. The van der Waals surface area contributed by atoms with Crippen LogP contribution in [0, 0.1) is 0 Å². The number of ether oxygens (including phenoxy) is 1. The minimum atomic E-state index is -0.896. The zero-order chi connectivity index (χ0) is 26.6. The summed E-state index contributed by atoms with van der Waals surface area (Å²) in [6.45, 7) is 1.52. The van der Waals surface area contributed by atoms with E-state index >= 15 is 0 Å². The predicted octanol–water partition coefficient (Wildman–Crippen LogP) is 2.57. The monoisotopic (exact) mass is 513 g/mol. The summed E-state index contributed by atoms with van der Waals surface area (Å²) < 4.78 is 5.17. The average Bonchev–Trinajstić information content (AvgIpc) is 2.98. The van der Waals surface area contributed by atoms with Crippen LogP contribution in [0.4, 0.5) is 0 Å². The van der Waals surface area contributed by atoms with E-state index in [2.05, 4.69) is 5.32 Å². The van der Waals surface area contributed by atoms with Crippen molar-refractivity contribution in [2.24, 2.45) is 0 Å². The Hall–Kier alpha value is -4.17. The van der Waals surface area contributed by atoms with E-state index in [0.29, 0.717) is 49.4 Å². The lowest BCUT2D eigenvalue weighted by Gasteiger charge is -2.37. The molecule has 2 aliphatic heterocycles. The molecule has 0 bridgehead atoms. The molecule has 2 N–H and O–H groups in total. The largest absolute Gasteiger partial charge is 0.497 e. The van der Waals surface area contributed by atoms with Gasteiger partial charge in [-0.15, -0.1) is 0 Å². The quantitative estimate of drug-likeness (QED) is 0.473. The van der Waals surface area contributed by atoms with E-state index in [9.17, 15) is 19.5 Å². The second-order valence-electron chi connectivity index (χ2n) is 9.78. The van der Waals surface area contributed by atoms with Crippen molar-refractivity contribution < 1.29 is 24.2 Å². The molecule has 0 aromatic heterocycles. The molecule has 2 atom stereocenters. The third-order valence-corrected chi connectivity index (χ3v) is 7.48. The maximum atomic E-state index is 12.9. The lowest BCUT2D eigenvalue weighted by molar-refractivity contribution is -0.123. The summed E-state index contributed by atoms with van der Waals surface area (Å²) in [6.07, 6.45) is 1.05. The first-order valence-electron chi connectivity index (χ1n) is 12.8. The van der Waals surface area contributed by atoms with Gasteiger partial charge in [-0.05, 0) is 71.5 Å². The number of hydrogen-bond donors (Lipinski definition) is 2. The van der Waals surface area contributed by atoms with Crippen LogP contribution < -0.4 is 10.1 Å². The third kappa shape index (κ3) is 5.26. The summed E-state index contributed by atoms with van der Waals surface area (Å²) in [7, 11) is 1.59. The number of nitrogens with zero attached hydrogens (tertiary/aromatic N) is 2. The fourth-order valence-electron chi connectivity index (χ4n) is 5.26. The van der Waals surface area contributed by atoms with E-state index in [1.165, 1.54) is 0 Å². The Kier molecular flexibility index (Phi) is 7.42. The Morgan fingerprint density at radius 3 is 2.45 bits per heavy atom. The molecule has 0 aliphatic carbocycles. The molecule has 0 spiro atoms. The predicted molar refractivity (Wildman–Crippen MR) is 142 cm³/mol. The van der Waals surface area contributed by atoms with Crippen molar-refractivity contribution in [1.29, 1.82) is 0 Å². The van der Waals surface area contributed by atoms with Crippen molar-refractivity contribution >= 4 is 18.2 Å². The maximum absolute atomic E-state index is 12.9. The van der Waals surface area contributed by atoms with Crippen molar-refractivity contribution in [2.45, 2.75) is 38.1 Å². The molecule has 3 aromatic carbocycles. The van der Waals surface area contributed by atoms with Crippen molar-refractivity contribution in [3.05, 3.63) is 100 Å². The summed E-state index contributed by atoms with van der Waals surface area (Å²) in [5.74, 6) is 0.385. The van der Waals surface area contributed by atoms with E-state index in [1.54, 1.807) is 47.2 Å². The molecule has 3 aromatic rings. The minimum absolute atomic E-state index is 0.0381. The number of carbonyl (C=O) groups is 3. The zero-order valence-electron chi connectivity index (χ0n) is 21.3. The van der Waals surface area contributed by atoms with E-state index in [4.69, 9.17) is 4.74 Å². The molecular formula is C30H31N3O5. The number of carbonyl (C=O) groups excluding carboxylic acids is 3. The maximum Gasteiger partial charge on any atom is 0.254 e. The number of rotatable bonds is 7. The summed E-state index contributed by atoms with van der Waals surface area (Å²) in [6, 6.07) is 20.1. The van der Waals surface area contributed by atoms with E-state index < -0.39 is 12.1 Å². The van der Waals surface area contributed by atoms with Crippen molar-refractivity contribution in [3.8, 4) is 5.75 Å². The Morgan fingerprint density at radius 1 is 1.00 bits per heavy atom. The van der Waals surface area contributed by atoms with Gasteiger partial charge in [-0.1, -0.05) is 30.3 Å². The molecule has 5 rings (SSSR count). The van der Waals surface area contributed by atoms with Crippen LogP contribution in [0.5, 0.6) is 5.75 Å². The number of hydrogen-bond acceptors (Lipinski definition) is 5. The number of aliphatic hydroxyl groups is 1. The van der Waals surface area contributed by atoms with Gasteiger partial charge in [0, 0.05) is 37.3 Å². The molecule has 1 unspecified atom stereocenters. The van der Waals surface area contributed by atoms with Crippen LogP contribution in [0.3, 0.4) is 0 Å². The molecule has 8 heteroatoms. The third-order valence-electron chi connectivity index (χ3n) is 7.48. The van der Waals surface area contributed by atoms with Crippen molar-refractivity contribution in [2.75, 3.05) is 20.2 Å². The molecule has 38 heavy (non-hydrogen) atoms. The lowest BCUT2D eigenvalue weighted by atomic mass is 9.91. The Morgan fingerprint density at radius 2 is 1.71 bits per heavy atom. The van der Waals surface area contributed by atoms with Crippen LogP contribution in [0.1, 0.15) is 43.0 Å². The van der Waals surface area contributed by atoms with Crippen LogP contribution in [-0.4, -0.2) is 65.5 Å². The second-order valence-corrected chi connectivity index (χ2v) is 9.78. The van der Waals surface area contributed by atoms with Crippen LogP contribution in [0.25, 0.3) is 0 Å². The highest BCUT2D eigenvalue weighted by Gasteiger charge is 2.31. The number of fused-ring (bicyclic) bond motifs is 2. The highest BCUT2D eigenvalue weighted by molar-refractivity contribution is 5.95. The highest BCUT2D eigenvalue weighted by Crippen LogP contribution is 2.25. The first kappa shape index (κ1) is 25.5. The standard InChI is InChI=1S/C30H31N3O5/c1-38-26-10-8-20(9-11-26)30(37)32-13-12-22-14-23(6-7-25(22)17-32)29(36)31-16-28(35)27-15-21-4-2-3-5-24(21)18-33(27)19-34/h2-11,14,19,27-28,35H,12-13,15-18H2,1H3,(H,31,36)/t27?,28-/m1/s1. The van der Waals surface area contributed by atoms with Gasteiger partial charge in [0.1, 0.15) is 5.75 Å². The minimum Gasteiger partial charge on any atom is -0.497 e. The highest BCUT2D eigenvalue weighted by atomic mass is 16.5. The topological polar surface area (TPSA) is 99.2 Å². The molecule has 196 valence electrons. The number of aliphatic hydroxyl groups excluding tert-OH is 1. The van der Waals surface area contributed by atoms with Crippen LogP contribution in [-0.2, 0) is 30.7 Å². The summed E-state index contributed by atoms with van der Waals surface area (Å²) in [4.78, 5) is 40.9. The van der Waals surface area contributed by atoms with Gasteiger partial charge in [-0.2, -0.15) is 0 Å². The molecular weight excluding hydrogens is 482 g/mol. The van der Waals surface area contributed by atoms with Gasteiger partial charge >= 0.3 is 0 Å². The number of benzene rings is 3. The molecule has 8 nitrogen and oxygen atoms in total. The van der Waals surface area contributed by atoms with Gasteiger partial charge in [-0.25, -0.2) is 0 Å². The van der Waals surface area contributed by atoms with Gasteiger partial charge in [-0.3, -0.25) is 14.4 Å². The molecule has 0 saturated heterocycles. The van der Waals surface area contributed by atoms with E-state index in [0.717, 1.165) is 28.7 Å². The number of methoxy groups -OCH3 is 1. The van der Waals surface area contributed by atoms with Crippen LogP contribution in [0.2, 0.25) is 0 Å². The van der Waals surface area contributed by atoms with Gasteiger partial charge < -0.3 is 25.0 Å². The fraction of sp³-hybridized carbons (Fsp3) is 0.300. The molecule has 2 heterocycles. The fourth-order valence-corrected chi connectivity index (χ4v) is 5.26. The van der Waals surface area contributed by atoms with Gasteiger partial charge in [0.25, 0.3) is 11.8 Å².